The zero-order valence-corrected chi connectivity index (χ0v) is 21.9. The van der Waals surface area contributed by atoms with Crippen LogP contribution in [0, 0.1) is 11.8 Å². The SMILES string of the molecule is CCC(C)C(N)C(=O)NC(CCCN=C(N)N)C(=O)NC(Cc1cnc[nH]1)C(=O)NC(C(=O)O)C(C)C. The minimum Gasteiger partial charge on any atom is -0.480 e. The van der Waals surface area contributed by atoms with Crippen LogP contribution in [-0.4, -0.2) is 75.4 Å². The van der Waals surface area contributed by atoms with Gasteiger partial charge < -0.3 is 43.2 Å². The van der Waals surface area contributed by atoms with Gasteiger partial charge in [-0.1, -0.05) is 34.1 Å². The van der Waals surface area contributed by atoms with Crippen molar-refractivity contribution in [3.63, 3.8) is 0 Å². The first kappa shape index (κ1) is 31.4. The molecule has 1 aromatic rings. The van der Waals surface area contributed by atoms with Crippen LogP contribution in [0.4, 0.5) is 0 Å². The van der Waals surface area contributed by atoms with Gasteiger partial charge in [0.15, 0.2) is 5.96 Å². The molecule has 14 nitrogen and oxygen atoms in total. The first-order valence-electron chi connectivity index (χ1n) is 12.3. The number of nitrogens with zero attached hydrogens (tertiary/aromatic N) is 2. The predicted octanol–water partition coefficient (Wildman–Crippen LogP) is -1.43. The van der Waals surface area contributed by atoms with Crippen LogP contribution in [0.15, 0.2) is 17.5 Å². The second kappa shape index (κ2) is 15.4. The maximum atomic E-state index is 13.3. The smallest absolute Gasteiger partial charge is 0.326 e. The number of rotatable bonds is 16. The van der Waals surface area contributed by atoms with E-state index < -0.39 is 53.8 Å². The van der Waals surface area contributed by atoms with Gasteiger partial charge in [-0.05, 0) is 24.7 Å². The van der Waals surface area contributed by atoms with Crippen LogP contribution in [0.5, 0.6) is 0 Å². The Balaban J connectivity index is 3.11. The molecule has 1 rings (SSSR count). The molecule has 0 aliphatic heterocycles. The van der Waals surface area contributed by atoms with E-state index in [4.69, 9.17) is 17.2 Å². The number of aliphatic carboxylic acids is 1. The molecule has 1 aromatic heterocycles. The van der Waals surface area contributed by atoms with E-state index in [1.807, 2.05) is 13.8 Å². The van der Waals surface area contributed by atoms with Crippen molar-refractivity contribution in [1.29, 1.82) is 0 Å². The lowest BCUT2D eigenvalue weighted by molar-refractivity contribution is -0.143. The second-order valence-corrected chi connectivity index (χ2v) is 9.33. The average Bonchev–Trinajstić information content (AvgIpc) is 3.35. The second-order valence-electron chi connectivity index (χ2n) is 9.33. The number of aromatic amines is 1. The molecule has 3 amide bonds. The van der Waals surface area contributed by atoms with Gasteiger partial charge in [0.2, 0.25) is 17.7 Å². The summed E-state index contributed by atoms with van der Waals surface area (Å²) in [6.07, 6.45) is 4.13. The molecule has 11 N–H and O–H groups in total. The fraction of sp³-hybridized carbons (Fsp3) is 0.652. The zero-order chi connectivity index (χ0) is 28.1. The lowest BCUT2D eigenvalue weighted by Crippen LogP contribution is -2.58. The highest BCUT2D eigenvalue weighted by Gasteiger charge is 2.32. The quantitative estimate of drug-likeness (QED) is 0.0718. The van der Waals surface area contributed by atoms with Crippen molar-refractivity contribution in [2.24, 2.45) is 34.0 Å². The highest BCUT2D eigenvalue weighted by molar-refractivity contribution is 5.94. The molecule has 14 heteroatoms. The molecule has 37 heavy (non-hydrogen) atoms. The summed E-state index contributed by atoms with van der Waals surface area (Å²) in [4.78, 5) is 61.3. The van der Waals surface area contributed by atoms with Gasteiger partial charge in [-0.3, -0.25) is 19.4 Å². The number of imidazole rings is 1. The standard InChI is InChI=1S/C23H41N9O5/c1-5-13(4)17(24)21(35)30-15(7-6-8-28-23(25)26)19(33)31-16(9-14-10-27-11-29-14)20(34)32-18(12(2)3)22(36)37/h10-13,15-18H,5-9,24H2,1-4H3,(H,27,29)(H,30,35)(H,31,33)(H,32,34)(H,36,37)(H4,25,26,28). The zero-order valence-electron chi connectivity index (χ0n) is 21.9. The molecule has 0 radical (unpaired) electrons. The van der Waals surface area contributed by atoms with Gasteiger partial charge in [0.1, 0.15) is 18.1 Å². The number of hydrogen-bond acceptors (Lipinski definition) is 7. The Morgan fingerprint density at radius 1 is 1.05 bits per heavy atom. The Kier molecular flexibility index (Phi) is 13.1. The topological polar surface area (TPSA) is 244 Å². The van der Waals surface area contributed by atoms with E-state index in [1.54, 1.807) is 13.8 Å². The van der Waals surface area contributed by atoms with Crippen LogP contribution in [0.25, 0.3) is 0 Å². The van der Waals surface area contributed by atoms with Gasteiger partial charge in [-0.25, -0.2) is 9.78 Å². The van der Waals surface area contributed by atoms with Crippen LogP contribution >= 0.6 is 0 Å². The fourth-order valence-electron chi connectivity index (χ4n) is 3.42. The Hall–Kier alpha value is -3.68. The molecule has 0 aliphatic carbocycles. The largest absolute Gasteiger partial charge is 0.480 e. The lowest BCUT2D eigenvalue weighted by atomic mass is 9.98. The van der Waals surface area contributed by atoms with Gasteiger partial charge >= 0.3 is 5.97 Å². The van der Waals surface area contributed by atoms with Crippen molar-refractivity contribution in [1.82, 2.24) is 25.9 Å². The molecular formula is C23H41N9O5. The number of H-pyrrole nitrogens is 1. The van der Waals surface area contributed by atoms with Crippen molar-refractivity contribution in [2.75, 3.05) is 6.54 Å². The van der Waals surface area contributed by atoms with Gasteiger partial charge in [0.25, 0.3) is 0 Å². The summed E-state index contributed by atoms with van der Waals surface area (Å²) in [5, 5.41) is 17.3. The molecule has 5 unspecified atom stereocenters. The summed E-state index contributed by atoms with van der Waals surface area (Å²) in [6.45, 7) is 7.27. The monoisotopic (exact) mass is 523 g/mol. The van der Waals surface area contributed by atoms with Crippen molar-refractivity contribution >= 4 is 29.7 Å². The number of nitrogens with two attached hydrogens (primary N) is 3. The minimum absolute atomic E-state index is 0.0169. The number of nitrogens with one attached hydrogen (secondary N) is 4. The summed E-state index contributed by atoms with van der Waals surface area (Å²) in [5.41, 5.74) is 17.3. The van der Waals surface area contributed by atoms with Gasteiger partial charge in [0.05, 0.1) is 12.4 Å². The van der Waals surface area contributed by atoms with Gasteiger partial charge in [-0.15, -0.1) is 0 Å². The Morgan fingerprint density at radius 2 is 1.68 bits per heavy atom. The predicted molar refractivity (Wildman–Crippen MR) is 138 cm³/mol. The Labute approximate surface area is 216 Å². The molecule has 5 atom stereocenters. The number of carbonyl (C=O) groups is 4. The number of aliphatic imine (C=N–C) groups is 1. The molecule has 208 valence electrons. The van der Waals surface area contributed by atoms with Crippen LogP contribution in [0.2, 0.25) is 0 Å². The van der Waals surface area contributed by atoms with E-state index in [9.17, 15) is 24.3 Å². The van der Waals surface area contributed by atoms with Crippen molar-refractivity contribution < 1.29 is 24.3 Å². The molecular weight excluding hydrogens is 482 g/mol. The summed E-state index contributed by atoms with van der Waals surface area (Å²) in [7, 11) is 0. The molecule has 0 saturated carbocycles. The molecule has 0 fully saturated rings. The number of carbonyl (C=O) groups excluding carboxylic acids is 3. The molecule has 1 heterocycles. The summed E-state index contributed by atoms with van der Waals surface area (Å²) >= 11 is 0. The van der Waals surface area contributed by atoms with Crippen molar-refractivity contribution in [2.45, 2.75) is 77.5 Å². The first-order chi connectivity index (χ1) is 17.4. The number of carboxylic acid groups (broad SMARTS) is 1. The van der Waals surface area contributed by atoms with Crippen LogP contribution in [0.3, 0.4) is 0 Å². The van der Waals surface area contributed by atoms with Crippen LogP contribution < -0.4 is 33.2 Å². The van der Waals surface area contributed by atoms with Crippen LogP contribution in [-0.2, 0) is 25.6 Å². The summed E-state index contributed by atoms with van der Waals surface area (Å²) in [5.74, 6) is -3.63. The maximum Gasteiger partial charge on any atom is 0.326 e. The highest BCUT2D eigenvalue weighted by Crippen LogP contribution is 2.09. The number of guanidine groups is 1. The lowest BCUT2D eigenvalue weighted by Gasteiger charge is -2.26. The minimum atomic E-state index is -1.20. The average molecular weight is 524 g/mol. The molecule has 0 spiro atoms. The van der Waals surface area contributed by atoms with E-state index in [0.29, 0.717) is 18.5 Å². The number of aromatic nitrogens is 2. The Morgan fingerprint density at radius 3 is 2.19 bits per heavy atom. The van der Waals surface area contributed by atoms with E-state index in [0.717, 1.165) is 0 Å². The third-order valence-electron chi connectivity index (χ3n) is 5.98. The van der Waals surface area contributed by atoms with E-state index in [2.05, 4.69) is 30.9 Å². The third kappa shape index (κ3) is 10.9. The first-order valence-corrected chi connectivity index (χ1v) is 12.3. The third-order valence-corrected chi connectivity index (χ3v) is 5.98. The fourth-order valence-corrected chi connectivity index (χ4v) is 3.42. The van der Waals surface area contributed by atoms with Crippen molar-refractivity contribution in [3.8, 4) is 0 Å². The van der Waals surface area contributed by atoms with E-state index >= 15 is 0 Å². The van der Waals surface area contributed by atoms with Crippen molar-refractivity contribution in [3.05, 3.63) is 18.2 Å². The number of carboxylic acids is 1. The van der Waals surface area contributed by atoms with E-state index in [-0.39, 0.29) is 31.3 Å². The molecule has 0 bridgehead atoms. The van der Waals surface area contributed by atoms with Gasteiger partial charge in [0, 0.05) is 24.9 Å². The van der Waals surface area contributed by atoms with Gasteiger partial charge in [-0.2, -0.15) is 0 Å². The number of amides is 3. The molecule has 0 saturated heterocycles. The number of hydrogen-bond donors (Lipinski definition) is 8. The highest BCUT2D eigenvalue weighted by atomic mass is 16.4. The summed E-state index contributed by atoms with van der Waals surface area (Å²) < 4.78 is 0. The summed E-state index contributed by atoms with van der Waals surface area (Å²) in [6, 6.07) is -4.16. The Bertz CT molecular complexity index is 916. The molecule has 0 aliphatic rings. The molecule has 0 aromatic carbocycles. The normalized spacial score (nSPS) is 15.1. The maximum absolute atomic E-state index is 13.3. The van der Waals surface area contributed by atoms with E-state index in [1.165, 1.54) is 12.5 Å². The van der Waals surface area contributed by atoms with Crippen LogP contribution in [0.1, 0.15) is 52.7 Å².